The van der Waals surface area contributed by atoms with E-state index in [9.17, 15) is 4.79 Å². The van der Waals surface area contributed by atoms with E-state index in [4.69, 9.17) is 8.94 Å². The molecule has 2 heterocycles. The predicted octanol–water partition coefficient (Wildman–Crippen LogP) is 3.30. The molecule has 6 nitrogen and oxygen atoms in total. The van der Waals surface area contributed by atoms with E-state index in [0.717, 1.165) is 30.3 Å². The molecule has 2 aliphatic carbocycles. The minimum Gasteiger partial charge on any atom is -0.464 e. The fourth-order valence-electron chi connectivity index (χ4n) is 3.14. The molecule has 0 aromatic carbocycles. The summed E-state index contributed by atoms with van der Waals surface area (Å²) in [5.41, 5.74) is 0. The summed E-state index contributed by atoms with van der Waals surface area (Å²) in [5, 5.41) is 6.59. The van der Waals surface area contributed by atoms with Crippen molar-refractivity contribution in [3.05, 3.63) is 35.5 Å². The van der Waals surface area contributed by atoms with E-state index in [1.54, 1.807) is 13.0 Å². The third kappa shape index (κ3) is 3.53. The first-order valence-corrected chi connectivity index (χ1v) is 8.64. The van der Waals surface area contributed by atoms with Crippen molar-refractivity contribution in [1.82, 2.24) is 10.1 Å². The molecule has 2 aromatic heterocycles. The van der Waals surface area contributed by atoms with Crippen molar-refractivity contribution in [1.29, 1.82) is 0 Å². The molecule has 0 bridgehead atoms. The maximum absolute atomic E-state index is 12.3. The van der Waals surface area contributed by atoms with Gasteiger partial charge in [0.05, 0.1) is 13.1 Å². The quantitative estimate of drug-likeness (QED) is 0.844. The van der Waals surface area contributed by atoms with E-state index < -0.39 is 0 Å². The Balaban J connectivity index is 1.35. The zero-order valence-electron chi connectivity index (χ0n) is 14.1. The Morgan fingerprint density at radius 3 is 2.83 bits per heavy atom. The summed E-state index contributed by atoms with van der Waals surface area (Å²) in [6, 6.07) is 6.33. The lowest BCUT2D eigenvalue weighted by Crippen LogP contribution is -2.34. The lowest BCUT2D eigenvalue weighted by atomic mass is 10.3. The Morgan fingerprint density at radius 2 is 2.21 bits per heavy atom. The van der Waals surface area contributed by atoms with E-state index in [0.29, 0.717) is 36.6 Å². The first kappa shape index (κ1) is 15.4. The number of amides is 1. The van der Waals surface area contributed by atoms with Gasteiger partial charge in [0, 0.05) is 18.0 Å². The van der Waals surface area contributed by atoms with Crippen LogP contribution in [-0.4, -0.2) is 28.6 Å². The normalized spacial score (nSPS) is 22.8. The molecular weight excluding hydrogens is 306 g/mol. The minimum atomic E-state index is -0.0715. The highest BCUT2D eigenvalue weighted by molar-refractivity contribution is 5.91. The summed E-state index contributed by atoms with van der Waals surface area (Å²) < 4.78 is 11.0. The third-order valence-electron chi connectivity index (χ3n) is 4.82. The second kappa shape index (κ2) is 6.09. The van der Waals surface area contributed by atoms with Crippen LogP contribution in [0.15, 0.2) is 27.1 Å². The molecule has 2 saturated carbocycles. The van der Waals surface area contributed by atoms with Gasteiger partial charge in [-0.1, -0.05) is 12.1 Å². The highest BCUT2D eigenvalue weighted by Gasteiger charge is 2.37. The molecule has 0 unspecified atom stereocenters. The van der Waals surface area contributed by atoms with Crippen LogP contribution in [0.2, 0.25) is 0 Å². The lowest BCUT2D eigenvalue weighted by Gasteiger charge is -2.19. The van der Waals surface area contributed by atoms with E-state index in [1.807, 2.05) is 0 Å². The number of carbonyl (C=O) groups excluding carboxylic acids is 1. The smallest absolute Gasteiger partial charge is 0.239 e. The van der Waals surface area contributed by atoms with Crippen LogP contribution in [0.5, 0.6) is 0 Å². The molecule has 24 heavy (non-hydrogen) atoms. The summed E-state index contributed by atoms with van der Waals surface area (Å²) in [5.74, 6) is 4.44. The molecule has 2 fully saturated rings. The minimum absolute atomic E-state index is 0.0715. The topological polar surface area (TPSA) is 71.5 Å². The summed E-state index contributed by atoms with van der Waals surface area (Å²) >= 11 is 0. The van der Waals surface area contributed by atoms with Gasteiger partial charge in [0.15, 0.2) is 5.82 Å². The molecule has 0 spiro atoms. The highest BCUT2D eigenvalue weighted by atomic mass is 16.5. The largest absolute Gasteiger partial charge is 0.464 e. The van der Waals surface area contributed by atoms with Crippen LogP contribution in [-0.2, 0) is 11.3 Å². The first-order valence-electron chi connectivity index (χ1n) is 8.64. The van der Waals surface area contributed by atoms with Gasteiger partial charge in [-0.05, 0) is 44.2 Å². The number of aromatic nitrogens is 1. The Hall–Kier alpha value is -2.08. The van der Waals surface area contributed by atoms with Crippen molar-refractivity contribution in [2.24, 2.45) is 5.92 Å². The second-order valence-electron chi connectivity index (χ2n) is 7.13. The maximum Gasteiger partial charge on any atom is 0.239 e. The number of nitrogens with one attached hydrogen (secondary N) is 1. The van der Waals surface area contributed by atoms with Gasteiger partial charge in [0.1, 0.15) is 17.3 Å². The molecule has 1 amide bonds. The highest BCUT2D eigenvalue weighted by Crippen LogP contribution is 2.47. The zero-order chi connectivity index (χ0) is 16.7. The maximum atomic E-state index is 12.3. The van der Waals surface area contributed by atoms with Crippen LogP contribution in [0.4, 0.5) is 5.82 Å². The molecule has 6 heteroatoms. The molecule has 2 aliphatic rings. The average Bonchev–Trinajstić information content (AvgIpc) is 3.42. The van der Waals surface area contributed by atoms with Gasteiger partial charge in [0.25, 0.3) is 0 Å². The van der Waals surface area contributed by atoms with Gasteiger partial charge in [0.2, 0.25) is 5.91 Å². The molecule has 2 aromatic rings. The number of aryl methyl sites for hydroxylation is 1. The number of hydrogen-bond donors (Lipinski definition) is 1. The lowest BCUT2D eigenvalue weighted by molar-refractivity contribution is -0.117. The van der Waals surface area contributed by atoms with Crippen molar-refractivity contribution < 1.29 is 13.7 Å². The zero-order valence-corrected chi connectivity index (χ0v) is 14.1. The summed E-state index contributed by atoms with van der Waals surface area (Å²) in [6.07, 6.45) is 3.51. The van der Waals surface area contributed by atoms with Crippen molar-refractivity contribution >= 4 is 11.7 Å². The van der Waals surface area contributed by atoms with Crippen molar-refractivity contribution in [2.75, 3.05) is 11.9 Å². The monoisotopic (exact) mass is 329 g/mol. The van der Waals surface area contributed by atoms with E-state index in [2.05, 4.69) is 34.4 Å². The van der Waals surface area contributed by atoms with E-state index >= 15 is 0 Å². The summed E-state index contributed by atoms with van der Waals surface area (Å²) in [7, 11) is 0. The number of furan rings is 1. The number of hydrogen-bond acceptors (Lipinski definition) is 5. The Labute approximate surface area is 141 Å². The molecule has 128 valence electrons. The standard InChI is InChI=1S/C18H23N3O3/c1-11-7-15(11)16-6-5-14(23-16)9-21(13-3-4-13)10-18(22)19-17-8-12(2)24-20-17/h5-6,8,11,13,15H,3-4,7,9-10H2,1-2H3,(H,19,20,22)/t11-,15+/m0/s1. The fraction of sp³-hybridized carbons (Fsp3) is 0.556. The van der Waals surface area contributed by atoms with Crippen LogP contribution in [0, 0.1) is 12.8 Å². The van der Waals surface area contributed by atoms with Gasteiger partial charge in [-0.3, -0.25) is 9.69 Å². The molecule has 0 saturated heterocycles. The van der Waals surface area contributed by atoms with E-state index in [1.165, 1.54) is 6.42 Å². The molecular formula is C18H23N3O3. The van der Waals surface area contributed by atoms with Gasteiger partial charge < -0.3 is 14.3 Å². The van der Waals surface area contributed by atoms with Crippen molar-refractivity contribution in [3.8, 4) is 0 Å². The third-order valence-corrected chi connectivity index (χ3v) is 4.82. The Kier molecular flexibility index (Phi) is 3.92. The van der Waals surface area contributed by atoms with Crippen molar-refractivity contribution in [2.45, 2.75) is 51.6 Å². The predicted molar refractivity (Wildman–Crippen MR) is 88.5 cm³/mol. The molecule has 2 atom stereocenters. The Bertz CT molecular complexity index is 731. The molecule has 0 radical (unpaired) electrons. The van der Waals surface area contributed by atoms with E-state index in [-0.39, 0.29) is 5.91 Å². The van der Waals surface area contributed by atoms with Crippen LogP contribution in [0.1, 0.15) is 49.4 Å². The van der Waals surface area contributed by atoms with Crippen LogP contribution in [0.25, 0.3) is 0 Å². The summed E-state index contributed by atoms with van der Waals surface area (Å²) in [6.45, 7) is 5.07. The average molecular weight is 329 g/mol. The fourth-order valence-corrected chi connectivity index (χ4v) is 3.14. The second-order valence-corrected chi connectivity index (χ2v) is 7.13. The Morgan fingerprint density at radius 1 is 1.42 bits per heavy atom. The molecule has 0 aliphatic heterocycles. The van der Waals surface area contributed by atoms with Crippen LogP contribution >= 0.6 is 0 Å². The number of carbonyl (C=O) groups is 1. The van der Waals surface area contributed by atoms with Crippen molar-refractivity contribution in [3.63, 3.8) is 0 Å². The van der Waals surface area contributed by atoms with Gasteiger partial charge >= 0.3 is 0 Å². The number of anilines is 1. The SMILES string of the molecule is Cc1cc(NC(=O)CN(Cc2ccc([C@@H]3C[C@@H]3C)o2)C2CC2)no1. The molecule has 4 rings (SSSR count). The van der Waals surface area contributed by atoms with Gasteiger partial charge in [-0.15, -0.1) is 0 Å². The van der Waals surface area contributed by atoms with Crippen LogP contribution in [0.3, 0.4) is 0 Å². The first-order chi connectivity index (χ1) is 11.6. The van der Waals surface area contributed by atoms with Crippen LogP contribution < -0.4 is 5.32 Å². The summed E-state index contributed by atoms with van der Waals surface area (Å²) in [4.78, 5) is 14.4. The number of nitrogens with zero attached hydrogens (tertiary/aromatic N) is 2. The van der Waals surface area contributed by atoms with Gasteiger partial charge in [-0.2, -0.15) is 0 Å². The number of rotatable bonds is 7. The van der Waals surface area contributed by atoms with Gasteiger partial charge in [-0.25, -0.2) is 0 Å². The molecule has 1 N–H and O–H groups in total.